The van der Waals surface area contributed by atoms with Crippen LogP contribution in [0.1, 0.15) is 64.4 Å². The lowest BCUT2D eigenvalue weighted by atomic mass is 10.1. The Balaban J connectivity index is 0.00000462. The van der Waals surface area contributed by atoms with Crippen LogP contribution in [0.4, 0.5) is 22.0 Å². The maximum atomic E-state index is 13.1. The summed E-state index contributed by atoms with van der Waals surface area (Å²) in [4.78, 5) is 42.8. The Hall–Kier alpha value is -4.33. The largest absolute Gasteiger partial charge is 0.479 e. The molecule has 1 atom stereocenters. The number of benzene rings is 1. The van der Waals surface area contributed by atoms with Crippen LogP contribution in [0.5, 0.6) is 5.75 Å². The summed E-state index contributed by atoms with van der Waals surface area (Å²) in [5, 5.41) is 2.84. The van der Waals surface area contributed by atoms with Crippen LogP contribution >= 0.6 is 0 Å². The second-order valence-electron chi connectivity index (χ2n) is 10.8. The van der Waals surface area contributed by atoms with Crippen molar-refractivity contribution in [3.05, 3.63) is 35.8 Å². The van der Waals surface area contributed by atoms with Crippen molar-refractivity contribution in [1.82, 2.24) is 14.9 Å². The minimum absolute atomic E-state index is 0. The van der Waals surface area contributed by atoms with Gasteiger partial charge in [0.2, 0.25) is 0 Å². The van der Waals surface area contributed by atoms with Gasteiger partial charge in [-0.05, 0) is 53.0 Å². The van der Waals surface area contributed by atoms with Crippen LogP contribution in [0.2, 0.25) is 0 Å². The van der Waals surface area contributed by atoms with Gasteiger partial charge >= 0.3 is 6.09 Å². The number of anilines is 3. The zero-order valence-electron chi connectivity index (χ0n) is 23.7. The molecule has 4 rings (SSSR count). The van der Waals surface area contributed by atoms with Gasteiger partial charge in [0.15, 0.2) is 0 Å². The van der Waals surface area contributed by atoms with Crippen molar-refractivity contribution in [2.45, 2.75) is 64.6 Å². The molecule has 2 fully saturated rings. The van der Waals surface area contributed by atoms with Crippen molar-refractivity contribution >= 4 is 35.4 Å². The Kier molecular flexibility index (Phi) is 8.77. The number of amides is 2. The number of hydrogen-bond acceptors (Lipinski definition) is 9. The highest BCUT2D eigenvalue weighted by molar-refractivity contribution is 6.04. The molecular formula is C29H39N7O4. The Morgan fingerprint density at radius 2 is 2.02 bits per heavy atom. The van der Waals surface area contributed by atoms with Gasteiger partial charge in [0.25, 0.3) is 5.91 Å². The van der Waals surface area contributed by atoms with E-state index in [4.69, 9.17) is 15.2 Å². The van der Waals surface area contributed by atoms with E-state index in [1.807, 2.05) is 25.7 Å². The molecule has 214 valence electrons. The monoisotopic (exact) mass is 549 g/mol. The topological polar surface area (TPSA) is 135 Å². The van der Waals surface area contributed by atoms with E-state index in [2.05, 4.69) is 37.0 Å². The number of rotatable bonds is 8. The summed E-state index contributed by atoms with van der Waals surface area (Å²) in [5.74, 6) is 6.19. The highest BCUT2D eigenvalue weighted by Crippen LogP contribution is 2.34. The summed E-state index contributed by atoms with van der Waals surface area (Å²) in [5.41, 5.74) is 7.24. The first-order valence-corrected chi connectivity index (χ1v) is 13.4. The molecule has 11 nitrogen and oxygen atoms in total. The lowest BCUT2D eigenvalue weighted by molar-refractivity contribution is 0.0158. The van der Waals surface area contributed by atoms with E-state index in [1.54, 1.807) is 38.5 Å². The fourth-order valence-electron chi connectivity index (χ4n) is 4.49. The van der Waals surface area contributed by atoms with E-state index >= 15 is 0 Å². The van der Waals surface area contributed by atoms with Crippen molar-refractivity contribution in [3.63, 3.8) is 0 Å². The zero-order valence-corrected chi connectivity index (χ0v) is 23.7. The van der Waals surface area contributed by atoms with Crippen LogP contribution in [-0.2, 0) is 4.74 Å². The molecule has 1 aliphatic carbocycles. The van der Waals surface area contributed by atoms with E-state index in [1.165, 1.54) is 6.20 Å². The molecule has 11 heteroatoms. The third-order valence-electron chi connectivity index (χ3n) is 6.47. The Morgan fingerprint density at radius 3 is 2.65 bits per heavy atom. The van der Waals surface area contributed by atoms with Gasteiger partial charge in [-0.1, -0.05) is 5.92 Å². The molecule has 0 radical (unpaired) electrons. The highest BCUT2D eigenvalue weighted by Gasteiger charge is 2.42. The predicted octanol–water partition coefficient (Wildman–Crippen LogP) is 3.99. The molecule has 2 amide bonds. The molecule has 1 aliphatic heterocycles. The summed E-state index contributed by atoms with van der Waals surface area (Å²) in [7, 11) is 1.64. The van der Waals surface area contributed by atoms with Crippen LogP contribution in [0.25, 0.3) is 0 Å². The zero-order chi connectivity index (χ0) is 28.9. The first kappa shape index (κ1) is 28.7. The van der Waals surface area contributed by atoms with Crippen LogP contribution in [0.3, 0.4) is 0 Å². The van der Waals surface area contributed by atoms with E-state index in [0.717, 1.165) is 25.8 Å². The number of ether oxygens (including phenoxy) is 2. The molecule has 1 aromatic heterocycles. The van der Waals surface area contributed by atoms with E-state index in [0.29, 0.717) is 35.1 Å². The van der Waals surface area contributed by atoms with Gasteiger partial charge in [0.05, 0.1) is 24.1 Å². The average Bonchev–Trinajstić information content (AvgIpc) is 3.61. The summed E-state index contributed by atoms with van der Waals surface area (Å²) >= 11 is 0. The first-order chi connectivity index (χ1) is 19.1. The van der Waals surface area contributed by atoms with Gasteiger partial charge in [0, 0.05) is 51.1 Å². The normalized spacial score (nSPS) is 16.8. The third-order valence-corrected chi connectivity index (χ3v) is 6.47. The summed E-state index contributed by atoms with van der Waals surface area (Å²) in [6, 6.07) is 3.59. The lowest BCUT2D eigenvalue weighted by Gasteiger charge is -2.31. The molecule has 2 heterocycles. The van der Waals surface area contributed by atoms with E-state index in [-0.39, 0.29) is 31.9 Å². The molecule has 1 saturated carbocycles. The molecular weight excluding hydrogens is 510 g/mol. The van der Waals surface area contributed by atoms with Crippen molar-refractivity contribution in [2.75, 3.05) is 42.7 Å². The van der Waals surface area contributed by atoms with Gasteiger partial charge in [0.1, 0.15) is 29.5 Å². The number of nitrogens with one attached hydrogen (secondary N) is 1. The van der Waals surface area contributed by atoms with Crippen molar-refractivity contribution in [2.24, 2.45) is 4.99 Å². The maximum Gasteiger partial charge on any atom is 0.410 e. The smallest absolute Gasteiger partial charge is 0.410 e. The number of aliphatic imine (C=N–C) groups is 1. The standard InChI is InChI=1S/C29H37N7O4.H2/c1-6-7-12-39-25-14-22(30)19(15-31-5)13-23(25)34-27(37)24-16-33-26(17-32-24)35-11-10-21(18-35)36(20-8-9-20)28(38)40-29(2,3)4;/h13-17,20-21H,8-12,18,30H2,1-5H3,(H,34,37);1H/t21-;/m1./s1. The molecule has 1 saturated heterocycles. The molecule has 0 spiro atoms. The Morgan fingerprint density at radius 1 is 1.25 bits per heavy atom. The second-order valence-corrected chi connectivity index (χ2v) is 10.8. The fourth-order valence-corrected chi connectivity index (χ4v) is 4.49. The van der Waals surface area contributed by atoms with Gasteiger partial charge < -0.3 is 30.3 Å². The van der Waals surface area contributed by atoms with Gasteiger partial charge in [-0.15, -0.1) is 5.92 Å². The van der Waals surface area contributed by atoms with E-state index in [9.17, 15) is 9.59 Å². The summed E-state index contributed by atoms with van der Waals surface area (Å²) in [6.45, 7) is 8.86. The van der Waals surface area contributed by atoms with E-state index < -0.39 is 11.5 Å². The lowest BCUT2D eigenvalue weighted by Crippen LogP contribution is -2.46. The minimum Gasteiger partial charge on any atom is -0.479 e. The maximum absolute atomic E-state index is 13.1. The number of aromatic nitrogens is 2. The quantitative estimate of drug-likeness (QED) is 0.287. The van der Waals surface area contributed by atoms with Gasteiger partial charge in [-0.2, -0.15) is 0 Å². The molecule has 2 aliphatic rings. The highest BCUT2D eigenvalue weighted by atomic mass is 16.6. The van der Waals surface area contributed by atoms with Gasteiger partial charge in [-0.25, -0.2) is 14.8 Å². The molecule has 40 heavy (non-hydrogen) atoms. The van der Waals surface area contributed by atoms with Crippen molar-refractivity contribution in [1.29, 1.82) is 0 Å². The number of nitrogens with two attached hydrogens (primary N) is 1. The summed E-state index contributed by atoms with van der Waals surface area (Å²) < 4.78 is 11.4. The fraction of sp³-hybridized carbons (Fsp3) is 0.483. The molecule has 1 aromatic carbocycles. The number of nitrogens with zero attached hydrogens (tertiary/aromatic N) is 5. The number of carbonyl (C=O) groups excluding carboxylic acids is 2. The predicted molar refractivity (Wildman–Crippen MR) is 157 cm³/mol. The average molecular weight is 550 g/mol. The number of nitrogen functional groups attached to an aromatic ring is 1. The minimum atomic E-state index is -0.543. The Labute approximate surface area is 236 Å². The molecule has 2 aromatic rings. The van der Waals surface area contributed by atoms with Crippen LogP contribution in [-0.4, -0.2) is 77.5 Å². The van der Waals surface area contributed by atoms with Gasteiger partial charge in [-0.3, -0.25) is 9.79 Å². The van der Waals surface area contributed by atoms with Crippen LogP contribution in [0.15, 0.2) is 29.5 Å². The van der Waals surface area contributed by atoms with Crippen molar-refractivity contribution in [3.8, 4) is 17.6 Å². The Bertz CT molecular complexity index is 1330. The third kappa shape index (κ3) is 7.20. The number of hydrogen-bond donors (Lipinski definition) is 2. The van der Waals surface area contributed by atoms with Crippen LogP contribution in [0, 0.1) is 11.8 Å². The SMILES string of the molecule is CC#CCOc1cc(N)c(C=NC)cc1NC(=O)c1cnc(N2CC[C@@H](N(C(=O)OC(C)(C)C)C3CC3)C2)cn1.[HH]. The van der Waals surface area contributed by atoms with Crippen LogP contribution < -0.4 is 20.7 Å². The molecule has 3 N–H and O–H groups in total. The molecule has 0 unspecified atom stereocenters. The summed E-state index contributed by atoms with van der Waals surface area (Å²) in [6.07, 6.45) is 7.17. The number of carbonyl (C=O) groups is 2. The second kappa shape index (κ2) is 12.2. The van der Waals surface area contributed by atoms with Crippen molar-refractivity contribution < 1.29 is 20.5 Å². The molecule has 0 bridgehead atoms. The first-order valence-electron chi connectivity index (χ1n) is 13.4.